The molecule has 45 heavy (non-hydrogen) atoms. The number of aliphatic hydroxyl groups excluding tert-OH is 14. The Hall–Kier alpha value is -1.02. The van der Waals surface area contributed by atoms with Crippen LogP contribution < -0.4 is 5.32 Å². The van der Waals surface area contributed by atoms with Crippen LogP contribution in [0, 0.1) is 5.92 Å². The number of nitrogens with one attached hydrogen (secondary N) is 1. The highest BCUT2D eigenvalue weighted by Gasteiger charge is 2.52. The van der Waals surface area contributed by atoms with Gasteiger partial charge in [-0.2, -0.15) is 0 Å². The molecule has 2 aliphatic heterocycles. The van der Waals surface area contributed by atoms with Crippen molar-refractivity contribution in [3.05, 3.63) is 11.6 Å². The molecule has 0 bridgehead atoms. The van der Waals surface area contributed by atoms with Gasteiger partial charge in [0, 0.05) is 18.6 Å². The molecule has 15 N–H and O–H groups in total. The smallest absolute Gasteiger partial charge is 0.187 e. The first-order valence-electron chi connectivity index (χ1n) is 14.6. The van der Waals surface area contributed by atoms with Gasteiger partial charge in [0.25, 0.3) is 0 Å². The Labute approximate surface area is 256 Å². The molecule has 0 spiro atoms. The summed E-state index contributed by atoms with van der Waals surface area (Å²) in [6.45, 7) is -2.81. The first kappa shape index (κ1) is 36.8. The molecular formula is C26H45NO18. The van der Waals surface area contributed by atoms with Crippen molar-refractivity contribution in [3.63, 3.8) is 0 Å². The van der Waals surface area contributed by atoms with Gasteiger partial charge >= 0.3 is 0 Å². The van der Waals surface area contributed by atoms with Crippen LogP contribution >= 0.6 is 0 Å². The molecule has 0 aromatic carbocycles. The number of hydrogen-bond acceptors (Lipinski definition) is 19. The molecule has 19 unspecified atom stereocenters. The lowest BCUT2D eigenvalue weighted by molar-refractivity contribution is -0.328. The Bertz CT molecular complexity index is 972. The number of aliphatic hydroxyl groups is 14. The first-order valence-corrected chi connectivity index (χ1v) is 14.6. The van der Waals surface area contributed by atoms with E-state index in [4.69, 9.17) is 18.9 Å². The second-order valence-electron chi connectivity index (χ2n) is 11.9. The van der Waals surface area contributed by atoms with Crippen molar-refractivity contribution in [1.82, 2.24) is 5.32 Å². The van der Waals surface area contributed by atoms with Gasteiger partial charge in [0.1, 0.15) is 73.2 Å². The van der Waals surface area contributed by atoms with Crippen LogP contribution in [-0.2, 0) is 18.9 Å². The Morgan fingerprint density at radius 3 is 1.62 bits per heavy atom. The maximum Gasteiger partial charge on any atom is 0.187 e. The second kappa shape index (κ2) is 15.5. The molecular weight excluding hydrogens is 614 g/mol. The fourth-order valence-corrected chi connectivity index (χ4v) is 6.25. The van der Waals surface area contributed by atoms with Crippen molar-refractivity contribution in [2.75, 3.05) is 26.4 Å². The zero-order valence-corrected chi connectivity index (χ0v) is 24.0. The fourth-order valence-electron chi connectivity index (χ4n) is 6.25. The molecule has 2 aliphatic carbocycles. The molecule has 0 amide bonds. The van der Waals surface area contributed by atoms with Crippen molar-refractivity contribution in [2.45, 2.75) is 117 Å². The van der Waals surface area contributed by atoms with E-state index in [9.17, 15) is 71.5 Å². The summed E-state index contributed by atoms with van der Waals surface area (Å²) in [5.41, 5.74) is -0.0179. The summed E-state index contributed by atoms with van der Waals surface area (Å²) >= 11 is 0. The Morgan fingerprint density at radius 2 is 1.13 bits per heavy atom. The largest absolute Gasteiger partial charge is 0.396 e. The molecule has 0 radical (unpaired) electrons. The van der Waals surface area contributed by atoms with Crippen LogP contribution in [0.3, 0.4) is 0 Å². The van der Waals surface area contributed by atoms with Crippen LogP contribution in [0.15, 0.2) is 11.6 Å². The average Bonchev–Trinajstić information content (AvgIpc) is 3.03. The quantitative estimate of drug-likeness (QED) is 0.0968. The van der Waals surface area contributed by atoms with Crippen molar-refractivity contribution in [1.29, 1.82) is 0 Å². The topological polar surface area (TPSA) is 332 Å². The minimum absolute atomic E-state index is 0.0179. The van der Waals surface area contributed by atoms with Crippen LogP contribution in [0.2, 0.25) is 0 Å². The molecule has 0 aromatic rings. The minimum atomic E-state index is -1.82. The van der Waals surface area contributed by atoms with E-state index in [2.05, 4.69) is 5.32 Å². The number of rotatable bonds is 10. The van der Waals surface area contributed by atoms with Crippen LogP contribution in [0.25, 0.3) is 0 Å². The normalized spacial score (nSPS) is 51.2. The minimum Gasteiger partial charge on any atom is -0.396 e. The third-order valence-corrected chi connectivity index (χ3v) is 9.00. The highest BCUT2D eigenvalue weighted by Crippen LogP contribution is 2.34. The van der Waals surface area contributed by atoms with Gasteiger partial charge in [-0.25, -0.2) is 0 Å². The summed E-state index contributed by atoms with van der Waals surface area (Å²) in [6, 6.07) is -2.23. The van der Waals surface area contributed by atoms with Gasteiger partial charge in [0.05, 0.1) is 38.1 Å². The van der Waals surface area contributed by atoms with Gasteiger partial charge in [-0.05, 0) is 12.0 Å². The van der Waals surface area contributed by atoms with E-state index in [0.29, 0.717) is 0 Å². The SMILES string of the molecule is OCC1=CC(NC2CC(CO)C(OC3OC(CO)C(O)C(O)C3O)C(O)C2O)C(O)C(O)C1OC1OC(CO)C(O)C(O)C1O. The Balaban J connectivity index is 1.45. The lowest BCUT2D eigenvalue weighted by atomic mass is 9.78. The lowest BCUT2D eigenvalue weighted by Gasteiger charge is -2.48. The van der Waals surface area contributed by atoms with E-state index in [1.54, 1.807) is 0 Å². The van der Waals surface area contributed by atoms with E-state index < -0.39 is 142 Å². The van der Waals surface area contributed by atoms with Gasteiger partial charge in [-0.3, -0.25) is 0 Å². The van der Waals surface area contributed by atoms with Gasteiger partial charge < -0.3 is 95.8 Å². The molecule has 262 valence electrons. The summed E-state index contributed by atoms with van der Waals surface area (Å²) in [5.74, 6) is -0.928. The molecule has 4 rings (SSSR count). The monoisotopic (exact) mass is 659 g/mol. The van der Waals surface area contributed by atoms with E-state index in [1.165, 1.54) is 6.08 Å². The molecule has 0 aromatic heterocycles. The van der Waals surface area contributed by atoms with Crippen molar-refractivity contribution in [3.8, 4) is 0 Å². The van der Waals surface area contributed by atoms with Gasteiger partial charge in [-0.1, -0.05) is 6.08 Å². The summed E-state index contributed by atoms with van der Waals surface area (Å²) in [4.78, 5) is 0. The molecule has 2 saturated heterocycles. The van der Waals surface area contributed by atoms with Crippen molar-refractivity contribution >= 4 is 0 Å². The predicted octanol–water partition coefficient (Wildman–Crippen LogP) is -8.93. The molecule has 19 nitrogen and oxygen atoms in total. The lowest BCUT2D eigenvalue weighted by Crippen LogP contribution is -2.66. The summed E-state index contributed by atoms with van der Waals surface area (Å²) in [5, 5.41) is 146. The zero-order chi connectivity index (χ0) is 33.3. The van der Waals surface area contributed by atoms with Crippen LogP contribution in [-0.4, -0.2) is 208 Å². The molecule has 19 atom stereocenters. The fraction of sp³-hybridized carbons (Fsp3) is 0.923. The van der Waals surface area contributed by atoms with E-state index in [-0.39, 0.29) is 12.0 Å². The summed E-state index contributed by atoms with van der Waals surface area (Å²) < 4.78 is 21.8. The Morgan fingerprint density at radius 1 is 0.600 bits per heavy atom. The van der Waals surface area contributed by atoms with Crippen LogP contribution in [0.4, 0.5) is 0 Å². The Kier molecular flexibility index (Phi) is 12.7. The highest BCUT2D eigenvalue weighted by atomic mass is 16.7. The van der Waals surface area contributed by atoms with Crippen molar-refractivity contribution < 1.29 is 90.4 Å². The summed E-state index contributed by atoms with van der Waals surface area (Å²) in [7, 11) is 0. The molecule has 3 fully saturated rings. The number of hydrogen-bond donors (Lipinski definition) is 15. The molecule has 1 saturated carbocycles. The van der Waals surface area contributed by atoms with Crippen LogP contribution in [0.5, 0.6) is 0 Å². The first-order chi connectivity index (χ1) is 21.3. The average molecular weight is 660 g/mol. The maximum absolute atomic E-state index is 11.0. The second-order valence-corrected chi connectivity index (χ2v) is 11.9. The van der Waals surface area contributed by atoms with E-state index >= 15 is 0 Å². The van der Waals surface area contributed by atoms with E-state index in [0.717, 1.165) is 0 Å². The molecule has 2 heterocycles. The van der Waals surface area contributed by atoms with Gasteiger partial charge in [0.2, 0.25) is 0 Å². The highest BCUT2D eigenvalue weighted by molar-refractivity contribution is 5.23. The molecule has 19 heteroatoms. The third-order valence-electron chi connectivity index (χ3n) is 9.00. The maximum atomic E-state index is 11.0. The van der Waals surface area contributed by atoms with E-state index in [1.807, 2.05) is 0 Å². The van der Waals surface area contributed by atoms with Crippen LogP contribution in [0.1, 0.15) is 6.42 Å². The van der Waals surface area contributed by atoms with Crippen molar-refractivity contribution in [2.24, 2.45) is 5.92 Å². The standard InChI is InChI=1S/C26H45NO18/c28-3-7-1-9(13(32)19(38)23(7)44-25-21(40)17(36)15(34)11(5-30)42-25)27-10-2-8(4-29)24(20(39)14(10)33)45-26-22(41)18(37)16(35)12(6-31)43-26/h1,8-41H,2-6H2. The third kappa shape index (κ3) is 7.37. The molecule has 4 aliphatic rings. The summed E-state index contributed by atoms with van der Waals surface area (Å²) in [6.07, 6.45) is -25.0. The van der Waals surface area contributed by atoms with Gasteiger partial charge in [0.15, 0.2) is 12.6 Å². The zero-order valence-electron chi connectivity index (χ0n) is 24.0. The van der Waals surface area contributed by atoms with Gasteiger partial charge in [-0.15, -0.1) is 0 Å². The predicted molar refractivity (Wildman–Crippen MR) is 142 cm³/mol. The number of ether oxygens (including phenoxy) is 4.